The van der Waals surface area contributed by atoms with Gasteiger partial charge in [-0.3, -0.25) is 19.4 Å². The molecule has 3 fully saturated rings. The van der Waals surface area contributed by atoms with Crippen LogP contribution in [-0.4, -0.2) is 76.5 Å². The van der Waals surface area contributed by atoms with Crippen molar-refractivity contribution in [2.24, 2.45) is 0 Å². The number of imide groups is 1. The quantitative estimate of drug-likeness (QED) is 0.187. The first-order valence-corrected chi connectivity index (χ1v) is 18.1. The van der Waals surface area contributed by atoms with Gasteiger partial charge in [-0.15, -0.1) is 0 Å². The zero-order valence-corrected chi connectivity index (χ0v) is 28.5. The van der Waals surface area contributed by atoms with Crippen molar-refractivity contribution in [3.05, 3.63) is 130 Å². The van der Waals surface area contributed by atoms with Crippen LogP contribution >= 0.6 is 0 Å². The van der Waals surface area contributed by atoms with E-state index in [0.29, 0.717) is 17.2 Å². The second kappa shape index (κ2) is 14.6. The number of aliphatic hydroxyl groups excluding tert-OH is 1. The number of aliphatic hydroxyl groups is 1. The van der Waals surface area contributed by atoms with Crippen molar-refractivity contribution in [2.75, 3.05) is 32.7 Å². The highest BCUT2D eigenvalue weighted by Gasteiger charge is 2.37. The van der Waals surface area contributed by atoms with Crippen LogP contribution in [0, 0.1) is 0 Å². The fourth-order valence-electron chi connectivity index (χ4n) is 8.21. The number of nitrogens with zero attached hydrogens (tertiary/aromatic N) is 3. The zero-order chi connectivity index (χ0) is 34.0. The van der Waals surface area contributed by atoms with Gasteiger partial charge in [-0.2, -0.15) is 0 Å². The lowest BCUT2D eigenvalue weighted by Gasteiger charge is -2.39. The average molecular weight is 672 g/mol. The summed E-state index contributed by atoms with van der Waals surface area (Å²) in [5.74, 6) is -0.512. The van der Waals surface area contributed by atoms with E-state index in [1.807, 2.05) is 36.4 Å². The minimum Gasteiger partial charge on any atom is -0.392 e. The number of hydrogen-bond acceptors (Lipinski definition) is 7. The van der Waals surface area contributed by atoms with Crippen LogP contribution < -0.4 is 0 Å². The van der Waals surface area contributed by atoms with Gasteiger partial charge >= 0.3 is 0 Å². The van der Waals surface area contributed by atoms with Crippen molar-refractivity contribution in [3.63, 3.8) is 0 Å². The van der Waals surface area contributed by atoms with Gasteiger partial charge in [-0.05, 0) is 85.3 Å². The molecule has 0 aromatic heterocycles. The normalized spacial score (nSPS) is 24.3. The topological polar surface area (TPSA) is 82.6 Å². The molecule has 4 aliphatic heterocycles. The van der Waals surface area contributed by atoms with Gasteiger partial charge in [0.05, 0.1) is 36.5 Å². The van der Waals surface area contributed by atoms with Crippen molar-refractivity contribution in [3.8, 4) is 11.1 Å². The Morgan fingerprint density at radius 2 is 1.34 bits per heavy atom. The van der Waals surface area contributed by atoms with Crippen molar-refractivity contribution in [1.29, 1.82) is 0 Å². The Bertz CT molecular complexity index is 1790. The molecule has 0 bridgehead atoms. The van der Waals surface area contributed by atoms with Gasteiger partial charge in [0.1, 0.15) is 0 Å². The Kier molecular flexibility index (Phi) is 9.62. The van der Waals surface area contributed by atoms with Crippen LogP contribution in [0.4, 0.5) is 0 Å². The summed E-state index contributed by atoms with van der Waals surface area (Å²) in [6, 6.07) is 31.9. The molecule has 8 nitrogen and oxygen atoms in total. The molecule has 0 unspecified atom stereocenters. The first kappa shape index (κ1) is 33.0. The first-order valence-electron chi connectivity index (χ1n) is 18.1. The van der Waals surface area contributed by atoms with Gasteiger partial charge in [-0.1, -0.05) is 84.9 Å². The summed E-state index contributed by atoms with van der Waals surface area (Å²) in [5.41, 5.74) is 6.71. The lowest BCUT2D eigenvalue weighted by Crippen LogP contribution is -2.45. The summed E-state index contributed by atoms with van der Waals surface area (Å²) in [5, 5.41) is 9.62. The van der Waals surface area contributed by atoms with E-state index >= 15 is 0 Å². The predicted molar refractivity (Wildman–Crippen MR) is 191 cm³/mol. The van der Waals surface area contributed by atoms with Crippen LogP contribution in [0.25, 0.3) is 11.1 Å². The zero-order valence-electron chi connectivity index (χ0n) is 28.5. The molecule has 4 aromatic carbocycles. The lowest BCUT2D eigenvalue weighted by molar-refractivity contribution is -0.253. The van der Waals surface area contributed by atoms with Gasteiger partial charge in [0.25, 0.3) is 11.8 Å². The largest absolute Gasteiger partial charge is 0.392 e. The van der Waals surface area contributed by atoms with E-state index in [-0.39, 0.29) is 37.2 Å². The maximum atomic E-state index is 13.1. The molecule has 3 saturated heterocycles. The number of rotatable bonds is 10. The van der Waals surface area contributed by atoms with Crippen LogP contribution in [0.2, 0.25) is 0 Å². The van der Waals surface area contributed by atoms with Gasteiger partial charge < -0.3 is 19.5 Å². The summed E-state index contributed by atoms with van der Waals surface area (Å²) in [7, 11) is 0. The minimum absolute atomic E-state index is 0.00973. The van der Waals surface area contributed by atoms with Crippen molar-refractivity contribution in [2.45, 2.75) is 69.8 Å². The second-order valence-corrected chi connectivity index (χ2v) is 14.2. The Morgan fingerprint density at radius 1 is 0.680 bits per heavy atom. The van der Waals surface area contributed by atoms with Gasteiger partial charge in [0.2, 0.25) is 0 Å². The maximum absolute atomic E-state index is 13.1. The third kappa shape index (κ3) is 6.78. The Morgan fingerprint density at radius 3 is 2.04 bits per heavy atom. The van der Waals surface area contributed by atoms with Gasteiger partial charge in [0.15, 0.2) is 6.29 Å². The molecule has 4 aliphatic rings. The number of benzene rings is 4. The minimum atomic E-state index is -0.529. The van der Waals surface area contributed by atoms with E-state index < -0.39 is 6.29 Å². The summed E-state index contributed by atoms with van der Waals surface area (Å²) < 4.78 is 13.4. The Balaban J connectivity index is 1.01. The molecule has 0 spiro atoms. The third-order valence-corrected chi connectivity index (χ3v) is 10.9. The molecule has 4 atom stereocenters. The van der Waals surface area contributed by atoms with Crippen molar-refractivity contribution >= 4 is 11.8 Å². The molecule has 0 saturated carbocycles. The van der Waals surface area contributed by atoms with Crippen LogP contribution in [0.15, 0.2) is 97.1 Å². The number of hydrogen-bond donors (Lipinski definition) is 1. The van der Waals surface area contributed by atoms with E-state index in [9.17, 15) is 14.7 Å². The molecule has 4 heterocycles. The summed E-state index contributed by atoms with van der Waals surface area (Å²) >= 11 is 0. The molecular weight excluding hydrogens is 626 g/mol. The predicted octanol–water partition coefficient (Wildman–Crippen LogP) is 6.75. The van der Waals surface area contributed by atoms with Crippen LogP contribution in [0.1, 0.15) is 87.5 Å². The number of fused-ring (bicyclic) bond motifs is 1. The van der Waals surface area contributed by atoms with Gasteiger partial charge in [0, 0.05) is 31.1 Å². The van der Waals surface area contributed by atoms with Crippen molar-refractivity contribution in [1.82, 2.24) is 14.7 Å². The molecule has 0 radical (unpaired) electrons. The van der Waals surface area contributed by atoms with Crippen LogP contribution in [0.3, 0.4) is 0 Å². The van der Waals surface area contributed by atoms with E-state index in [1.54, 1.807) is 24.3 Å². The van der Waals surface area contributed by atoms with E-state index in [4.69, 9.17) is 9.47 Å². The summed E-state index contributed by atoms with van der Waals surface area (Å²) in [6.07, 6.45) is 5.21. The van der Waals surface area contributed by atoms with Crippen LogP contribution in [-0.2, 0) is 22.6 Å². The number of ether oxygens (including phenoxy) is 2. The molecular formula is C42H45N3O5. The standard InChI is InChI=1S/C42H45N3O5/c46-28-29-13-15-31(16-14-29)39-24-35(27-44-23-7-9-34(44)26-43-21-5-6-22-43)49-42(50-39)32-19-17-30(18-20-32)36-10-2-1-8-33(36)25-45-40(47)37-11-3-4-12-38(37)41(45)48/h1-4,8,10-20,34-35,39,42,46H,5-7,9,21-28H2/t34-,35-,39+,42+/m0/s1. The smallest absolute Gasteiger partial charge is 0.261 e. The summed E-state index contributed by atoms with van der Waals surface area (Å²) in [4.78, 5) is 32.9. The number of carbonyl (C=O) groups excluding carboxylic acids is 2. The molecule has 1 N–H and O–H groups in total. The lowest BCUT2D eigenvalue weighted by atomic mass is 9.97. The highest BCUT2D eigenvalue weighted by Crippen LogP contribution is 2.40. The summed E-state index contributed by atoms with van der Waals surface area (Å²) in [6.45, 7) is 5.79. The molecule has 0 aliphatic carbocycles. The Labute approximate surface area is 294 Å². The molecule has 8 rings (SSSR count). The van der Waals surface area contributed by atoms with Crippen LogP contribution in [0.5, 0.6) is 0 Å². The fourth-order valence-corrected chi connectivity index (χ4v) is 8.21. The fraction of sp³-hybridized carbons (Fsp3) is 0.381. The number of carbonyl (C=O) groups is 2. The SMILES string of the molecule is O=C1c2ccccc2C(=O)N1Cc1ccccc1-c1ccc([C@@H]2O[C@H](CN3CCC[C@H]3CN3CCCC3)C[C@H](c3ccc(CO)cc3)O2)cc1. The van der Waals surface area contributed by atoms with E-state index in [1.165, 1.54) is 43.7 Å². The highest BCUT2D eigenvalue weighted by atomic mass is 16.7. The second-order valence-electron chi connectivity index (χ2n) is 14.2. The third-order valence-electron chi connectivity index (χ3n) is 10.9. The molecule has 50 heavy (non-hydrogen) atoms. The molecule has 258 valence electrons. The molecule has 8 heteroatoms. The van der Waals surface area contributed by atoms with Gasteiger partial charge in [-0.25, -0.2) is 0 Å². The number of amides is 2. The highest BCUT2D eigenvalue weighted by molar-refractivity contribution is 6.21. The average Bonchev–Trinajstić information content (AvgIpc) is 3.90. The molecule has 2 amide bonds. The van der Waals surface area contributed by atoms with E-state index in [0.717, 1.165) is 59.4 Å². The van der Waals surface area contributed by atoms with Crippen molar-refractivity contribution < 1.29 is 24.2 Å². The molecule has 4 aromatic rings. The van der Waals surface area contributed by atoms with E-state index in [2.05, 4.69) is 46.2 Å². The Hall–Kier alpha value is -4.18. The monoisotopic (exact) mass is 671 g/mol. The number of likely N-dealkylation sites (tertiary alicyclic amines) is 2. The first-order chi connectivity index (χ1) is 24.5. The maximum Gasteiger partial charge on any atom is 0.261 e.